The molecule has 1 aromatic carbocycles. The number of carbonyl (C=O) groups excluding carboxylic acids is 2. The Morgan fingerprint density at radius 2 is 1.74 bits per heavy atom. The summed E-state index contributed by atoms with van der Waals surface area (Å²) in [5.41, 5.74) is 7.10. The molecule has 5 unspecified atom stereocenters. The molecule has 0 radical (unpaired) electrons. The second-order valence-corrected chi connectivity index (χ2v) is 12.8. The number of ketones is 2. The van der Waals surface area contributed by atoms with Crippen LogP contribution in [0.4, 0.5) is 5.69 Å². The molecule has 206 valence electrons. The smallest absolute Gasteiger partial charge is 0.156 e. The summed E-state index contributed by atoms with van der Waals surface area (Å²) in [4.78, 5) is 27.4. The number of unbranched alkanes of at least 4 members (excludes halogenated alkanes) is 4. The Balaban J connectivity index is 1.41. The summed E-state index contributed by atoms with van der Waals surface area (Å²) in [5.74, 6) is 2.29. The fourth-order valence-electron chi connectivity index (χ4n) is 8.71. The first-order valence-corrected chi connectivity index (χ1v) is 15.2. The summed E-state index contributed by atoms with van der Waals surface area (Å²) in [6.07, 6.45) is 14.5. The molecule has 4 aliphatic rings. The molecule has 0 heterocycles. The van der Waals surface area contributed by atoms with E-state index in [4.69, 9.17) is 5.11 Å². The Bertz CT molecular complexity index is 1100. The maximum absolute atomic E-state index is 12.8. The molecule has 2 saturated carbocycles. The Morgan fingerprint density at radius 1 is 1.00 bits per heavy atom. The molecule has 4 aliphatic carbocycles. The highest BCUT2D eigenvalue weighted by Gasteiger charge is 2.57. The Labute approximate surface area is 229 Å². The largest absolute Gasteiger partial charge is 0.396 e. The zero-order valence-electron chi connectivity index (χ0n) is 23.8. The third-order valence-corrected chi connectivity index (χ3v) is 10.6. The van der Waals surface area contributed by atoms with Crippen LogP contribution in [-0.4, -0.2) is 36.9 Å². The summed E-state index contributed by atoms with van der Waals surface area (Å²) in [6, 6.07) is 9.26. The number of aliphatic hydroxyl groups excluding tert-OH is 1. The van der Waals surface area contributed by atoms with Gasteiger partial charge >= 0.3 is 0 Å². The molecule has 1 N–H and O–H groups in total. The van der Waals surface area contributed by atoms with Crippen molar-refractivity contribution in [3.05, 3.63) is 52.6 Å². The van der Waals surface area contributed by atoms with E-state index in [0.29, 0.717) is 42.3 Å². The lowest BCUT2D eigenvalue weighted by Gasteiger charge is -2.52. The number of hydrogen-bond acceptors (Lipinski definition) is 4. The number of anilines is 1. The van der Waals surface area contributed by atoms with Crippen molar-refractivity contribution >= 4 is 17.3 Å². The third-order valence-electron chi connectivity index (χ3n) is 10.6. The standard InChI is InChI=1S/C34H47NO3/c1-23(37)31-17-18-32-29-15-11-25-21-27(38)14-16-28(25)33(29)30(22-34(31,32)2)24-9-12-26(13-10-24)35(3)19-7-5-4-6-8-20-36/h9-10,12-13,21,29-32,36H,4-8,11,14-20,22H2,1-3H3. The molecular formula is C34H47NO3. The molecule has 5 rings (SSSR count). The van der Waals surface area contributed by atoms with E-state index in [2.05, 4.69) is 43.1 Å². The molecule has 38 heavy (non-hydrogen) atoms. The number of carbonyl (C=O) groups is 2. The van der Waals surface area contributed by atoms with Crippen LogP contribution < -0.4 is 4.90 Å². The lowest BCUT2D eigenvalue weighted by molar-refractivity contribution is -0.125. The van der Waals surface area contributed by atoms with Crippen LogP contribution in [0.25, 0.3) is 0 Å². The molecule has 1 aromatic rings. The summed E-state index contributed by atoms with van der Waals surface area (Å²) >= 11 is 0. The van der Waals surface area contributed by atoms with Gasteiger partial charge in [0.15, 0.2) is 5.78 Å². The first kappa shape index (κ1) is 27.4. The zero-order valence-corrected chi connectivity index (χ0v) is 23.8. The maximum Gasteiger partial charge on any atom is 0.156 e. The minimum Gasteiger partial charge on any atom is -0.396 e. The van der Waals surface area contributed by atoms with Gasteiger partial charge in [0, 0.05) is 44.1 Å². The molecule has 4 heteroatoms. The van der Waals surface area contributed by atoms with E-state index in [9.17, 15) is 9.59 Å². The molecular weight excluding hydrogens is 470 g/mol. The Morgan fingerprint density at radius 3 is 2.47 bits per heavy atom. The van der Waals surface area contributed by atoms with Gasteiger partial charge in [-0.05, 0) is 110 Å². The van der Waals surface area contributed by atoms with Gasteiger partial charge in [-0.15, -0.1) is 0 Å². The van der Waals surface area contributed by atoms with Crippen molar-refractivity contribution in [1.29, 1.82) is 0 Å². The van der Waals surface area contributed by atoms with Gasteiger partial charge in [-0.1, -0.05) is 43.9 Å². The number of aliphatic hydroxyl groups is 1. The van der Waals surface area contributed by atoms with Gasteiger partial charge in [0.25, 0.3) is 0 Å². The van der Waals surface area contributed by atoms with E-state index >= 15 is 0 Å². The normalized spacial score (nSPS) is 30.4. The van der Waals surface area contributed by atoms with E-state index in [-0.39, 0.29) is 11.3 Å². The lowest BCUT2D eigenvalue weighted by atomic mass is 9.51. The molecule has 5 atom stereocenters. The van der Waals surface area contributed by atoms with E-state index in [1.54, 1.807) is 5.57 Å². The van der Waals surface area contributed by atoms with Crippen LogP contribution in [0, 0.1) is 23.2 Å². The number of benzene rings is 1. The van der Waals surface area contributed by atoms with Gasteiger partial charge in [-0.3, -0.25) is 9.59 Å². The van der Waals surface area contributed by atoms with E-state index in [1.807, 2.05) is 13.0 Å². The van der Waals surface area contributed by atoms with E-state index in [0.717, 1.165) is 57.9 Å². The molecule has 0 amide bonds. The molecule has 0 aliphatic heterocycles. The molecule has 4 nitrogen and oxygen atoms in total. The quantitative estimate of drug-likeness (QED) is 0.334. The summed E-state index contributed by atoms with van der Waals surface area (Å²) < 4.78 is 0. The maximum atomic E-state index is 12.8. The number of Topliss-reactive ketones (excluding diaryl/α,β-unsaturated/α-hetero) is 1. The second-order valence-electron chi connectivity index (χ2n) is 12.8. The first-order valence-electron chi connectivity index (χ1n) is 15.2. The average Bonchev–Trinajstić information content (AvgIpc) is 3.27. The van der Waals surface area contributed by atoms with E-state index < -0.39 is 0 Å². The topological polar surface area (TPSA) is 57.6 Å². The highest BCUT2D eigenvalue weighted by Crippen LogP contribution is 2.65. The van der Waals surface area contributed by atoms with Crippen LogP contribution in [0.2, 0.25) is 0 Å². The number of fused-ring (bicyclic) bond motifs is 4. The van der Waals surface area contributed by atoms with Crippen LogP contribution in [-0.2, 0) is 9.59 Å². The van der Waals surface area contributed by atoms with Crippen molar-refractivity contribution in [2.45, 2.75) is 96.8 Å². The van der Waals surface area contributed by atoms with Crippen molar-refractivity contribution in [2.24, 2.45) is 23.2 Å². The molecule has 0 aromatic heterocycles. The van der Waals surface area contributed by atoms with Crippen molar-refractivity contribution in [3.8, 4) is 0 Å². The Hall–Kier alpha value is -2.20. The number of allylic oxidation sites excluding steroid dienone is 4. The SMILES string of the molecule is CC(=O)C1CCC2C3CCC4=CC(=O)CCC4=C3C(c3ccc(N(C)CCCCCCCO)cc3)CC12C. The highest BCUT2D eigenvalue weighted by molar-refractivity contribution is 5.93. The van der Waals surface area contributed by atoms with Gasteiger partial charge in [-0.25, -0.2) is 0 Å². The predicted octanol–water partition coefficient (Wildman–Crippen LogP) is 7.17. The zero-order chi connectivity index (χ0) is 26.9. The van der Waals surface area contributed by atoms with Crippen LogP contribution in [0.5, 0.6) is 0 Å². The van der Waals surface area contributed by atoms with E-state index in [1.165, 1.54) is 41.7 Å². The number of hydrogen-bond donors (Lipinski definition) is 1. The lowest BCUT2D eigenvalue weighted by Crippen LogP contribution is -2.44. The summed E-state index contributed by atoms with van der Waals surface area (Å²) in [6.45, 7) is 5.58. The molecule has 2 fully saturated rings. The monoisotopic (exact) mass is 517 g/mol. The van der Waals surface area contributed by atoms with Crippen molar-refractivity contribution < 1.29 is 14.7 Å². The predicted molar refractivity (Wildman–Crippen MR) is 154 cm³/mol. The average molecular weight is 518 g/mol. The van der Waals surface area contributed by atoms with Gasteiger partial charge in [0.2, 0.25) is 0 Å². The minimum atomic E-state index is 0.0580. The van der Waals surface area contributed by atoms with Gasteiger partial charge < -0.3 is 10.0 Å². The number of nitrogens with zero attached hydrogens (tertiary/aromatic N) is 1. The fraction of sp³-hybridized carbons (Fsp3) is 0.647. The molecule has 0 bridgehead atoms. The van der Waals surface area contributed by atoms with Gasteiger partial charge in [-0.2, -0.15) is 0 Å². The molecule has 0 saturated heterocycles. The van der Waals surface area contributed by atoms with Crippen LogP contribution in [0.15, 0.2) is 47.1 Å². The van der Waals surface area contributed by atoms with Crippen molar-refractivity contribution in [1.82, 2.24) is 0 Å². The van der Waals surface area contributed by atoms with Gasteiger partial charge in [0.05, 0.1) is 0 Å². The fourth-order valence-corrected chi connectivity index (χ4v) is 8.71. The minimum absolute atomic E-state index is 0.0580. The first-order chi connectivity index (χ1) is 18.3. The molecule has 0 spiro atoms. The highest BCUT2D eigenvalue weighted by atomic mass is 16.3. The van der Waals surface area contributed by atoms with Crippen molar-refractivity contribution in [3.63, 3.8) is 0 Å². The van der Waals surface area contributed by atoms with Crippen molar-refractivity contribution in [2.75, 3.05) is 25.1 Å². The summed E-state index contributed by atoms with van der Waals surface area (Å²) in [7, 11) is 2.18. The van der Waals surface area contributed by atoms with Crippen LogP contribution >= 0.6 is 0 Å². The third kappa shape index (κ3) is 5.18. The Kier molecular flexibility index (Phi) is 8.28. The summed E-state index contributed by atoms with van der Waals surface area (Å²) in [5, 5.41) is 8.96. The van der Waals surface area contributed by atoms with Gasteiger partial charge in [0.1, 0.15) is 5.78 Å². The number of rotatable bonds is 10. The van der Waals surface area contributed by atoms with Crippen LogP contribution in [0.3, 0.4) is 0 Å². The van der Waals surface area contributed by atoms with Crippen LogP contribution in [0.1, 0.15) is 102 Å². The second kappa shape index (κ2) is 11.5.